The summed E-state index contributed by atoms with van der Waals surface area (Å²) >= 11 is 0. The smallest absolute Gasteiger partial charge is 0.120 e. The number of aliphatic hydroxyl groups is 1. The van der Waals surface area contributed by atoms with Crippen LogP contribution in [0.25, 0.3) is 10.8 Å². The lowest BCUT2D eigenvalue weighted by Crippen LogP contribution is -2.16. The van der Waals surface area contributed by atoms with E-state index in [4.69, 9.17) is 10.00 Å². The molecule has 2 aromatic rings. The van der Waals surface area contributed by atoms with Gasteiger partial charge in [-0.2, -0.15) is 5.26 Å². The highest BCUT2D eigenvalue weighted by Crippen LogP contribution is 2.20. The van der Waals surface area contributed by atoms with E-state index in [2.05, 4.69) is 0 Å². The average molecular weight is 227 g/mol. The Morgan fingerprint density at radius 3 is 2.71 bits per heavy atom. The molecular weight excluding hydrogens is 214 g/mol. The van der Waals surface area contributed by atoms with Crippen molar-refractivity contribution in [3.63, 3.8) is 0 Å². The molecule has 0 aliphatic rings. The molecule has 0 radical (unpaired) electrons. The van der Waals surface area contributed by atoms with Crippen molar-refractivity contribution in [3.8, 4) is 11.8 Å². The van der Waals surface area contributed by atoms with Crippen LogP contribution in [-0.2, 0) is 0 Å². The molecule has 2 aromatic carbocycles. The van der Waals surface area contributed by atoms with Gasteiger partial charge in [-0.3, -0.25) is 0 Å². The normalized spacial score (nSPS) is 12.0. The van der Waals surface area contributed by atoms with Gasteiger partial charge in [-0.25, -0.2) is 0 Å². The molecule has 0 fully saturated rings. The van der Waals surface area contributed by atoms with E-state index in [1.165, 1.54) is 0 Å². The van der Waals surface area contributed by atoms with Crippen LogP contribution in [0.5, 0.6) is 5.75 Å². The van der Waals surface area contributed by atoms with Gasteiger partial charge in [-0.1, -0.05) is 30.3 Å². The summed E-state index contributed by atoms with van der Waals surface area (Å²) in [5, 5.41) is 20.0. The van der Waals surface area contributed by atoms with Crippen molar-refractivity contribution < 1.29 is 9.84 Å². The van der Waals surface area contributed by atoms with Crippen LogP contribution < -0.4 is 4.74 Å². The van der Waals surface area contributed by atoms with E-state index in [0.29, 0.717) is 5.75 Å². The summed E-state index contributed by atoms with van der Waals surface area (Å²) in [4.78, 5) is 0. The van der Waals surface area contributed by atoms with Crippen LogP contribution in [0.3, 0.4) is 0 Å². The maximum Gasteiger partial charge on any atom is 0.120 e. The number of benzene rings is 2. The van der Waals surface area contributed by atoms with Crippen LogP contribution in [0.4, 0.5) is 0 Å². The number of rotatable bonds is 4. The first-order valence-corrected chi connectivity index (χ1v) is 5.46. The monoisotopic (exact) mass is 227 g/mol. The Kier molecular flexibility index (Phi) is 3.59. The number of nitriles is 1. The van der Waals surface area contributed by atoms with Gasteiger partial charge in [0, 0.05) is 0 Å². The molecule has 3 heteroatoms. The van der Waals surface area contributed by atoms with Gasteiger partial charge in [0.05, 0.1) is 12.5 Å². The molecule has 0 spiro atoms. The van der Waals surface area contributed by atoms with Gasteiger partial charge in [0.2, 0.25) is 0 Å². The largest absolute Gasteiger partial charge is 0.491 e. The predicted molar refractivity (Wildman–Crippen MR) is 65.7 cm³/mol. The zero-order valence-electron chi connectivity index (χ0n) is 9.34. The Labute approximate surface area is 99.9 Å². The van der Waals surface area contributed by atoms with Crippen molar-refractivity contribution in [2.75, 3.05) is 6.61 Å². The highest BCUT2D eigenvalue weighted by molar-refractivity contribution is 5.83. The Morgan fingerprint density at radius 1 is 1.18 bits per heavy atom. The summed E-state index contributed by atoms with van der Waals surface area (Å²) in [5.74, 6) is 0.709. The van der Waals surface area contributed by atoms with Crippen LogP contribution in [-0.4, -0.2) is 17.8 Å². The molecule has 0 bridgehead atoms. The zero-order chi connectivity index (χ0) is 12.1. The van der Waals surface area contributed by atoms with Gasteiger partial charge >= 0.3 is 0 Å². The minimum Gasteiger partial charge on any atom is -0.491 e. The molecule has 17 heavy (non-hydrogen) atoms. The SMILES string of the molecule is N#CC[C@@H](O)COc1ccc2ccccc2c1. The lowest BCUT2D eigenvalue weighted by Gasteiger charge is -2.10. The number of ether oxygens (including phenoxy) is 1. The van der Waals surface area contributed by atoms with E-state index < -0.39 is 6.10 Å². The third-order valence-electron chi connectivity index (χ3n) is 2.49. The second-order valence-corrected chi connectivity index (χ2v) is 3.84. The number of aliphatic hydroxyl groups excluding tert-OH is 1. The second-order valence-electron chi connectivity index (χ2n) is 3.84. The molecule has 3 nitrogen and oxygen atoms in total. The van der Waals surface area contributed by atoms with Gasteiger partial charge in [-0.15, -0.1) is 0 Å². The molecule has 0 aliphatic carbocycles. The number of hydrogen-bond donors (Lipinski definition) is 1. The maximum absolute atomic E-state index is 9.38. The van der Waals surface area contributed by atoms with Gasteiger partial charge < -0.3 is 9.84 Å². The van der Waals surface area contributed by atoms with Crippen molar-refractivity contribution in [1.82, 2.24) is 0 Å². The van der Waals surface area contributed by atoms with Gasteiger partial charge in [0.1, 0.15) is 18.5 Å². The summed E-state index contributed by atoms with van der Waals surface area (Å²) < 4.78 is 5.43. The summed E-state index contributed by atoms with van der Waals surface area (Å²) in [7, 11) is 0. The number of fused-ring (bicyclic) bond motifs is 1. The fourth-order valence-electron chi connectivity index (χ4n) is 1.61. The first-order valence-electron chi connectivity index (χ1n) is 5.46. The molecule has 0 unspecified atom stereocenters. The standard InChI is InChI=1S/C14H13NO2/c15-8-7-13(16)10-17-14-6-5-11-3-1-2-4-12(11)9-14/h1-6,9,13,16H,7,10H2/t13-/m1/s1. The van der Waals surface area contributed by atoms with E-state index in [1.807, 2.05) is 48.5 Å². The molecule has 86 valence electrons. The van der Waals surface area contributed by atoms with Crippen LogP contribution >= 0.6 is 0 Å². The fourth-order valence-corrected chi connectivity index (χ4v) is 1.61. The summed E-state index contributed by atoms with van der Waals surface area (Å²) in [5.41, 5.74) is 0. The molecule has 0 aliphatic heterocycles. The van der Waals surface area contributed by atoms with Gasteiger partial charge in [-0.05, 0) is 22.9 Å². The minimum absolute atomic E-state index is 0.0909. The molecule has 1 atom stereocenters. The van der Waals surface area contributed by atoms with Crippen molar-refractivity contribution in [1.29, 1.82) is 5.26 Å². The second kappa shape index (κ2) is 5.33. The van der Waals surface area contributed by atoms with Crippen molar-refractivity contribution in [3.05, 3.63) is 42.5 Å². The van der Waals surface area contributed by atoms with E-state index >= 15 is 0 Å². The summed E-state index contributed by atoms with van der Waals surface area (Å²) in [6, 6.07) is 15.7. The summed E-state index contributed by atoms with van der Waals surface area (Å²) in [6.45, 7) is 0.145. The first kappa shape index (κ1) is 11.4. The van der Waals surface area contributed by atoms with Crippen LogP contribution in [0.1, 0.15) is 6.42 Å². The Hall–Kier alpha value is -2.05. The molecule has 0 amide bonds. The van der Waals surface area contributed by atoms with E-state index in [-0.39, 0.29) is 13.0 Å². The molecular formula is C14H13NO2. The lowest BCUT2D eigenvalue weighted by molar-refractivity contribution is 0.111. The quantitative estimate of drug-likeness (QED) is 0.873. The predicted octanol–water partition coefficient (Wildman–Crippen LogP) is 2.49. The van der Waals surface area contributed by atoms with Gasteiger partial charge in [0.25, 0.3) is 0 Å². The molecule has 0 heterocycles. The minimum atomic E-state index is -0.730. The van der Waals surface area contributed by atoms with Crippen molar-refractivity contribution in [2.45, 2.75) is 12.5 Å². The molecule has 0 saturated heterocycles. The highest BCUT2D eigenvalue weighted by atomic mass is 16.5. The van der Waals surface area contributed by atoms with Crippen LogP contribution in [0, 0.1) is 11.3 Å². The zero-order valence-corrected chi connectivity index (χ0v) is 9.34. The molecule has 1 N–H and O–H groups in total. The van der Waals surface area contributed by atoms with E-state index in [1.54, 1.807) is 0 Å². The fraction of sp³-hybridized carbons (Fsp3) is 0.214. The lowest BCUT2D eigenvalue weighted by atomic mass is 10.1. The number of nitrogens with zero attached hydrogens (tertiary/aromatic N) is 1. The topological polar surface area (TPSA) is 53.2 Å². The van der Waals surface area contributed by atoms with E-state index in [0.717, 1.165) is 10.8 Å². The Balaban J connectivity index is 2.07. The maximum atomic E-state index is 9.38. The summed E-state index contributed by atoms with van der Waals surface area (Å²) in [6.07, 6.45) is -0.639. The van der Waals surface area contributed by atoms with Crippen LogP contribution in [0.2, 0.25) is 0 Å². The average Bonchev–Trinajstić information content (AvgIpc) is 2.36. The van der Waals surface area contributed by atoms with Crippen molar-refractivity contribution in [2.24, 2.45) is 0 Å². The first-order chi connectivity index (χ1) is 8.29. The molecule has 2 rings (SSSR count). The molecule has 0 aromatic heterocycles. The van der Waals surface area contributed by atoms with Crippen molar-refractivity contribution >= 4 is 10.8 Å². The Bertz CT molecular complexity index is 545. The Morgan fingerprint density at radius 2 is 1.94 bits per heavy atom. The van der Waals surface area contributed by atoms with Crippen LogP contribution in [0.15, 0.2) is 42.5 Å². The van der Waals surface area contributed by atoms with Gasteiger partial charge in [0.15, 0.2) is 0 Å². The third-order valence-corrected chi connectivity index (χ3v) is 2.49. The van der Waals surface area contributed by atoms with E-state index in [9.17, 15) is 5.11 Å². The number of hydrogen-bond acceptors (Lipinski definition) is 3. The highest BCUT2D eigenvalue weighted by Gasteiger charge is 2.04. The molecule has 0 saturated carbocycles. The third kappa shape index (κ3) is 2.96.